The summed E-state index contributed by atoms with van der Waals surface area (Å²) in [5, 5.41) is 7.20. The van der Waals surface area contributed by atoms with Crippen LogP contribution in [0.5, 0.6) is 0 Å². The average Bonchev–Trinajstić information content (AvgIpc) is 2.08. The van der Waals surface area contributed by atoms with E-state index in [0.717, 1.165) is 11.1 Å². The fourth-order valence-electron chi connectivity index (χ4n) is 1.23. The standard InChI is InChI=1S/C10H14N2O/c1-13-7-9-5-3-2-4-8(9)6-10(11)12/h2-5H,6-7H2,1H3,(H3,11,12). The molecular weight excluding hydrogens is 164 g/mol. The Labute approximate surface area is 78.0 Å². The molecule has 0 amide bonds. The zero-order valence-electron chi connectivity index (χ0n) is 7.71. The Morgan fingerprint density at radius 2 is 2.00 bits per heavy atom. The maximum atomic E-state index is 7.20. The summed E-state index contributed by atoms with van der Waals surface area (Å²) in [7, 11) is 1.66. The van der Waals surface area contributed by atoms with Gasteiger partial charge in [-0.15, -0.1) is 0 Å². The summed E-state index contributed by atoms with van der Waals surface area (Å²) in [6.07, 6.45) is 0.500. The van der Waals surface area contributed by atoms with Crippen LogP contribution in [-0.2, 0) is 17.8 Å². The SMILES string of the molecule is COCc1ccccc1CC(=N)N. The van der Waals surface area contributed by atoms with E-state index in [1.807, 2.05) is 24.3 Å². The number of hydrogen-bond acceptors (Lipinski definition) is 2. The second-order valence-corrected chi connectivity index (χ2v) is 2.90. The number of amidine groups is 1. The lowest BCUT2D eigenvalue weighted by Gasteiger charge is -2.06. The third-order valence-corrected chi connectivity index (χ3v) is 1.80. The van der Waals surface area contributed by atoms with Gasteiger partial charge in [-0.2, -0.15) is 0 Å². The first-order chi connectivity index (χ1) is 6.24. The van der Waals surface area contributed by atoms with Gasteiger partial charge in [0.2, 0.25) is 0 Å². The quantitative estimate of drug-likeness (QED) is 0.539. The lowest BCUT2D eigenvalue weighted by Crippen LogP contribution is -2.14. The molecule has 1 aromatic carbocycles. The van der Waals surface area contributed by atoms with Crippen LogP contribution < -0.4 is 5.73 Å². The number of benzene rings is 1. The molecule has 70 valence electrons. The highest BCUT2D eigenvalue weighted by Gasteiger charge is 2.01. The maximum absolute atomic E-state index is 7.20. The first kappa shape index (κ1) is 9.74. The molecule has 3 N–H and O–H groups in total. The minimum Gasteiger partial charge on any atom is -0.387 e. The van der Waals surface area contributed by atoms with Crippen molar-refractivity contribution in [1.82, 2.24) is 0 Å². The molecule has 1 rings (SSSR count). The van der Waals surface area contributed by atoms with Crippen LogP contribution in [0.25, 0.3) is 0 Å². The fourth-order valence-corrected chi connectivity index (χ4v) is 1.23. The maximum Gasteiger partial charge on any atom is 0.0950 e. The summed E-state index contributed by atoms with van der Waals surface area (Å²) in [6, 6.07) is 7.85. The highest BCUT2D eigenvalue weighted by Crippen LogP contribution is 2.10. The third kappa shape index (κ3) is 2.87. The van der Waals surface area contributed by atoms with Gasteiger partial charge < -0.3 is 10.5 Å². The average molecular weight is 178 g/mol. The van der Waals surface area contributed by atoms with Crippen molar-refractivity contribution in [3.63, 3.8) is 0 Å². The van der Waals surface area contributed by atoms with E-state index in [1.54, 1.807) is 7.11 Å². The van der Waals surface area contributed by atoms with E-state index in [0.29, 0.717) is 13.0 Å². The van der Waals surface area contributed by atoms with E-state index in [4.69, 9.17) is 15.9 Å². The second kappa shape index (κ2) is 4.62. The van der Waals surface area contributed by atoms with Crippen molar-refractivity contribution < 1.29 is 4.74 Å². The Kier molecular flexibility index (Phi) is 3.46. The van der Waals surface area contributed by atoms with Crippen LogP contribution in [0.15, 0.2) is 24.3 Å². The van der Waals surface area contributed by atoms with Crippen molar-refractivity contribution >= 4 is 5.84 Å². The molecule has 13 heavy (non-hydrogen) atoms. The van der Waals surface area contributed by atoms with Crippen molar-refractivity contribution in [3.05, 3.63) is 35.4 Å². The van der Waals surface area contributed by atoms with Gasteiger partial charge in [-0.3, -0.25) is 5.41 Å². The van der Waals surface area contributed by atoms with Gasteiger partial charge in [0.15, 0.2) is 0 Å². The van der Waals surface area contributed by atoms with Crippen LogP contribution >= 0.6 is 0 Å². The van der Waals surface area contributed by atoms with E-state index in [9.17, 15) is 0 Å². The molecule has 3 nitrogen and oxygen atoms in total. The summed E-state index contributed by atoms with van der Waals surface area (Å²) in [5.74, 6) is 0.184. The van der Waals surface area contributed by atoms with E-state index in [-0.39, 0.29) is 5.84 Å². The van der Waals surface area contributed by atoms with Gasteiger partial charge in [0, 0.05) is 13.5 Å². The fraction of sp³-hybridized carbons (Fsp3) is 0.300. The Morgan fingerprint density at radius 3 is 2.54 bits per heavy atom. The topological polar surface area (TPSA) is 59.1 Å². The Hall–Kier alpha value is -1.35. The molecule has 0 fully saturated rings. The first-order valence-electron chi connectivity index (χ1n) is 4.12. The van der Waals surface area contributed by atoms with Crippen LogP contribution in [0.4, 0.5) is 0 Å². The monoisotopic (exact) mass is 178 g/mol. The van der Waals surface area contributed by atoms with Crippen LogP contribution in [0.3, 0.4) is 0 Å². The molecule has 3 heteroatoms. The summed E-state index contributed by atoms with van der Waals surface area (Å²) in [6.45, 7) is 0.573. The number of ether oxygens (including phenoxy) is 1. The predicted molar refractivity (Wildman–Crippen MR) is 52.8 cm³/mol. The molecule has 0 aliphatic rings. The Balaban J connectivity index is 2.84. The number of nitrogens with two attached hydrogens (primary N) is 1. The highest BCUT2D eigenvalue weighted by molar-refractivity contribution is 5.79. The van der Waals surface area contributed by atoms with Crippen LogP contribution in [0.1, 0.15) is 11.1 Å². The molecule has 0 aromatic heterocycles. The van der Waals surface area contributed by atoms with Crippen LogP contribution in [0.2, 0.25) is 0 Å². The zero-order chi connectivity index (χ0) is 9.68. The number of nitrogens with one attached hydrogen (secondary N) is 1. The minimum absolute atomic E-state index is 0.184. The predicted octanol–water partition coefficient (Wildman–Crippen LogP) is 1.31. The molecule has 0 saturated heterocycles. The molecule has 0 bridgehead atoms. The second-order valence-electron chi connectivity index (χ2n) is 2.90. The van der Waals surface area contributed by atoms with E-state index >= 15 is 0 Å². The highest BCUT2D eigenvalue weighted by atomic mass is 16.5. The summed E-state index contributed by atoms with van der Waals surface area (Å²) < 4.78 is 5.04. The molecule has 0 radical (unpaired) electrons. The molecule has 0 unspecified atom stereocenters. The van der Waals surface area contributed by atoms with Crippen LogP contribution in [0, 0.1) is 5.41 Å². The molecule has 0 atom stereocenters. The van der Waals surface area contributed by atoms with Gasteiger partial charge in [-0.25, -0.2) is 0 Å². The van der Waals surface area contributed by atoms with E-state index < -0.39 is 0 Å². The van der Waals surface area contributed by atoms with Crippen LogP contribution in [-0.4, -0.2) is 12.9 Å². The van der Waals surface area contributed by atoms with Crippen molar-refractivity contribution in [3.8, 4) is 0 Å². The zero-order valence-corrected chi connectivity index (χ0v) is 7.71. The van der Waals surface area contributed by atoms with Crippen molar-refractivity contribution in [2.45, 2.75) is 13.0 Å². The van der Waals surface area contributed by atoms with Gasteiger partial charge in [0.25, 0.3) is 0 Å². The number of rotatable bonds is 4. The van der Waals surface area contributed by atoms with Gasteiger partial charge >= 0.3 is 0 Å². The lowest BCUT2D eigenvalue weighted by molar-refractivity contribution is 0.184. The van der Waals surface area contributed by atoms with E-state index in [2.05, 4.69) is 0 Å². The van der Waals surface area contributed by atoms with Gasteiger partial charge in [0.05, 0.1) is 12.4 Å². The first-order valence-corrected chi connectivity index (χ1v) is 4.12. The Bertz CT molecular complexity index is 297. The molecule has 0 spiro atoms. The normalized spacial score (nSPS) is 9.92. The molecule has 0 aliphatic carbocycles. The molecule has 0 heterocycles. The number of hydrogen-bond donors (Lipinski definition) is 2. The van der Waals surface area contributed by atoms with Crippen molar-refractivity contribution in [2.75, 3.05) is 7.11 Å². The largest absolute Gasteiger partial charge is 0.387 e. The lowest BCUT2D eigenvalue weighted by atomic mass is 10.1. The van der Waals surface area contributed by atoms with Crippen molar-refractivity contribution in [2.24, 2.45) is 5.73 Å². The smallest absolute Gasteiger partial charge is 0.0950 e. The minimum atomic E-state index is 0.184. The molecule has 0 aliphatic heterocycles. The van der Waals surface area contributed by atoms with Crippen molar-refractivity contribution in [1.29, 1.82) is 5.41 Å². The van der Waals surface area contributed by atoms with Gasteiger partial charge in [0.1, 0.15) is 0 Å². The van der Waals surface area contributed by atoms with Gasteiger partial charge in [-0.1, -0.05) is 24.3 Å². The molecule has 1 aromatic rings. The summed E-state index contributed by atoms with van der Waals surface area (Å²) in [4.78, 5) is 0. The van der Waals surface area contributed by atoms with E-state index in [1.165, 1.54) is 0 Å². The Morgan fingerprint density at radius 1 is 1.38 bits per heavy atom. The molecule has 0 saturated carbocycles. The summed E-state index contributed by atoms with van der Waals surface area (Å²) >= 11 is 0. The van der Waals surface area contributed by atoms with Gasteiger partial charge in [-0.05, 0) is 11.1 Å². The summed E-state index contributed by atoms with van der Waals surface area (Å²) in [5.41, 5.74) is 7.50. The number of methoxy groups -OCH3 is 1. The third-order valence-electron chi connectivity index (χ3n) is 1.80. The molecular formula is C10H14N2O.